The van der Waals surface area contributed by atoms with Gasteiger partial charge in [-0.05, 0) is 19.4 Å². The Morgan fingerprint density at radius 3 is 2.14 bits per heavy atom. The van der Waals surface area contributed by atoms with Crippen LogP contribution < -0.4 is 9.44 Å². The van der Waals surface area contributed by atoms with Gasteiger partial charge in [0.15, 0.2) is 0 Å². The first kappa shape index (κ1) is 18.0. The summed E-state index contributed by atoms with van der Waals surface area (Å²) in [6.07, 6.45) is 0.315. The van der Waals surface area contributed by atoms with Gasteiger partial charge in [0.25, 0.3) is 0 Å². The highest BCUT2D eigenvalue weighted by molar-refractivity contribution is 7.89. The standard InChI is InChI=1S/C12H19FN2O4S2/c1-2-20(16,17)14-8-5-9-15-21(18,19)10-11-6-3-4-7-12(11)13/h3-4,6-7,14-15H,2,5,8-10H2,1H3. The first-order valence-electron chi connectivity index (χ1n) is 6.44. The van der Waals surface area contributed by atoms with Crippen molar-refractivity contribution in [3.8, 4) is 0 Å². The molecule has 0 saturated carbocycles. The fourth-order valence-corrected chi connectivity index (χ4v) is 3.38. The van der Waals surface area contributed by atoms with E-state index in [0.29, 0.717) is 6.42 Å². The summed E-state index contributed by atoms with van der Waals surface area (Å²) < 4.78 is 63.8. The summed E-state index contributed by atoms with van der Waals surface area (Å²) in [5.74, 6) is -1.04. The van der Waals surface area contributed by atoms with E-state index in [2.05, 4.69) is 9.44 Å². The van der Waals surface area contributed by atoms with E-state index in [1.54, 1.807) is 6.07 Å². The molecule has 0 fully saturated rings. The van der Waals surface area contributed by atoms with Crippen molar-refractivity contribution in [2.45, 2.75) is 19.1 Å². The van der Waals surface area contributed by atoms with E-state index in [4.69, 9.17) is 0 Å². The minimum atomic E-state index is -3.65. The molecule has 6 nitrogen and oxygen atoms in total. The molecule has 0 aliphatic rings. The number of sulfonamides is 2. The fourth-order valence-electron chi connectivity index (χ4n) is 1.52. The van der Waals surface area contributed by atoms with E-state index in [-0.39, 0.29) is 24.4 Å². The van der Waals surface area contributed by atoms with E-state index in [0.717, 1.165) is 0 Å². The van der Waals surface area contributed by atoms with Crippen molar-refractivity contribution in [2.24, 2.45) is 0 Å². The second-order valence-corrected chi connectivity index (χ2v) is 8.30. The van der Waals surface area contributed by atoms with Crippen molar-refractivity contribution in [3.63, 3.8) is 0 Å². The summed E-state index contributed by atoms with van der Waals surface area (Å²) in [5.41, 5.74) is 0.0942. The molecular formula is C12H19FN2O4S2. The highest BCUT2D eigenvalue weighted by Crippen LogP contribution is 2.09. The van der Waals surface area contributed by atoms with E-state index in [1.807, 2.05) is 0 Å². The lowest BCUT2D eigenvalue weighted by molar-refractivity contribution is 0.569. The average molecular weight is 338 g/mol. The maximum absolute atomic E-state index is 13.4. The van der Waals surface area contributed by atoms with E-state index >= 15 is 0 Å². The van der Waals surface area contributed by atoms with Gasteiger partial charge in [-0.1, -0.05) is 18.2 Å². The van der Waals surface area contributed by atoms with Gasteiger partial charge in [-0.3, -0.25) is 0 Å². The van der Waals surface area contributed by atoms with Gasteiger partial charge in [-0.2, -0.15) is 0 Å². The molecule has 0 amide bonds. The topological polar surface area (TPSA) is 92.3 Å². The lowest BCUT2D eigenvalue weighted by Gasteiger charge is -2.08. The molecule has 0 heterocycles. The van der Waals surface area contributed by atoms with Crippen LogP contribution in [-0.2, 0) is 25.8 Å². The number of halogens is 1. The van der Waals surface area contributed by atoms with E-state index in [9.17, 15) is 21.2 Å². The highest BCUT2D eigenvalue weighted by atomic mass is 32.2. The predicted octanol–water partition coefficient (Wildman–Crippen LogP) is 0.575. The van der Waals surface area contributed by atoms with Gasteiger partial charge in [0.05, 0.1) is 11.5 Å². The van der Waals surface area contributed by atoms with Crippen LogP contribution in [0.15, 0.2) is 24.3 Å². The van der Waals surface area contributed by atoms with Crippen molar-refractivity contribution in [3.05, 3.63) is 35.6 Å². The number of benzene rings is 1. The molecule has 21 heavy (non-hydrogen) atoms. The van der Waals surface area contributed by atoms with Gasteiger partial charge in [0.2, 0.25) is 20.0 Å². The maximum atomic E-state index is 13.4. The first-order chi connectivity index (χ1) is 9.76. The summed E-state index contributed by atoms with van der Waals surface area (Å²) in [6.45, 7) is 1.75. The Morgan fingerprint density at radius 1 is 1.00 bits per heavy atom. The third-order valence-electron chi connectivity index (χ3n) is 2.68. The zero-order chi connectivity index (χ0) is 15.9. The monoisotopic (exact) mass is 338 g/mol. The van der Waals surface area contributed by atoms with Gasteiger partial charge < -0.3 is 0 Å². The number of hydrogen-bond acceptors (Lipinski definition) is 4. The van der Waals surface area contributed by atoms with Crippen LogP contribution in [0.4, 0.5) is 4.39 Å². The van der Waals surface area contributed by atoms with Crippen molar-refractivity contribution in [1.82, 2.24) is 9.44 Å². The molecule has 1 aromatic carbocycles. The minimum Gasteiger partial charge on any atom is -0.215 e. The molecule has 0 bridgehead atoms. The Morgan fingerprint density at radius 2 is 1.57 bits per heavy atom. The van der Waals surface area contributed by atoms with Gasteiger partial charge in [0, 0.05) is 18.7 Å². The van der Waals surface area contributed by atoms with Crippen LogP contribution in [0.1, 0.15) is 18.9 Å². The molecule has 0 spiro atoms. The van der Waals surface area contributed by atoms with Crippen LogP contribution in [0.25, 0.3) is 0 Å². The minimum absolute atomic E-state index is 0.0218. The van der Waals surface area contributed by atoms with E-state index in [1.165, 1.54) is 25.1 Å². The van der Waals surface area contributed by atoms with Gasteiger partial charge in [-0.15, -0.1) is 0 Å². The third-order valence-corrected chi connectivity index (χ3v) is 5.42. The Balaban J connectivity index is 2.39. The van der Waals surface area contributed by atoms with Crippen molar-refractivity contribution in [2.75, 3.05) is 18.8 Å². The molecule has 1 aromatic rings. The lowest BCUT2D eigenvalue weighted by atomic mass is 10.2. The Kier molecular flexibility index (Phi) is 6.72. The van der Waals surface area contributed by atoms with Crippen molar-refractivity contribution < 1.29 is 21.2 Å². The molecule has 0 radical (unpaired) electrons. The van der Waals surface area contributed by atoms with Gasteiger partial charge >= 0.3 is 0 Å². The lowest BCUT2D eigenvalue weighted by Crippen LogP contribution is -2.31. The largest absolute Gasteiger partial charge is 0.215 e. The predicted molar refractivity (Wildman–Crippen MR) is 79.1 cm³/mol. The quantitative estimate of drug-likeness (QED) is 0.644. The summed E-state index contributed by atoms with van der Waals surface area (Å²) in [7, 11) is -6.91. The smallest absolute Gasteiger partial charge is 0.215 e. The maximum Gasteiger partial charge on any atom is 0.215 e. The van der Waals surface area contributed by atoms with Crippen LogP contribution in [0, 0.1) is 5.82 Å². The highest BCUT2D eigenvalue weighted by Gasteiger charge is 2.13. The molecule has 0 unspecified atom stereocenters. The Hall–Kier alpha value is -1.03. The molecule has 0 atom stereocenters. The summed E-state index contributed by atoms with van der Waals surface area (Å²) in [5, 5.41) is 0. The molecule has 9 heteroatoms. The summed E-state index contributed by atoms with van der Waals surface area (Å²) in [6, 6.07) is 5.65. The molecule has 0 aliphatic carbocycles. The first-order valence-corrected chi connectivity index (χ1v) is 9.74. The number of rotatable bonds is 9. The second-order valence-electron chi connectivity index (χ2n) is 4.40. The summed E-state index contributed by atoms with van der Waals surface area (Å²) >= 11 is 0. The number of nitrogens with one attached hydrogen (secondary N) is 2. The Bertz CT molecular complexity index is 660. The molecule has 120 valence electrons. The molecule has 0 aliphatic heterocycles. The van der Waals surface area contributed by atoms with Gasteiger partial charge in [-0.25, -0.2) is 30.7 Å². The van der Waals surface area contributed by atoms with Crippen LogP contribution in [0.3, 0.4) is 0 Å². The second kappa shape index (κ2) is 7.83. The normalized spacial score (nSPS) is 12.5. The fraction of sp³-hybridized carbons (Fsp3) is 0.500. The zero-order valence-electron chi connectivity index (χ0n) is 11.7. The van der Waals surface area contributed by atoms with Crippen LogP contribution in [0.2, 0.25) is 0 Å². The van der Waals surface area contributed by atoms with Crippen molar-refractivity contribution >= 4 is 20.0 Å². The third kappa shape index (κ3) is 6.98. The summed E-state index contributed by atoms with van der Waals surface area (Å²) in [4.78, 5) is 0. The molecule has 2 N–H and O–H groups in total. The average Bonchev–Trinajstić information content (AvgIpc) is 2.40. The number of hydrogen-bond donors (Lipinski definition) is 2. The van der Waals surface area contributed by atoms with E-state index < -0.39 is 31.6 Å². The molecule has 0 aromatic heterocycles. The molecule has 1 rings (SSSR count). The molecule has 0 saturated heterocycles. The molecular weight excluding hydrogens is 319 g/mol. The Labute approximate surface area is 124 Å². The zero-order valence-corrected chi connectivity index (χ0v) is 13.3. The van der Waals surface area contributed by atoms with Crippen molar-refractivity contribution in [1.29, 1.82) is 0 Å². The van der Waals surface area contributed by atoms with Gasteiger partial charge in [0.1, 0.15) is 5.82 Å². The van der Waals surface area contributed by atoms with Crippen LogP contribution >= 0.6 is 0 Å². The van der Waals surface area contributed by atoms with Crippen LogP contribution in [0.5, 0.6) is 0 Å². The SMILES string of the molecule is CCS(=O)(=O)NCCCNS(=O)(=O)Cc1ccccc1F. The van der Waals surface area contributed by atoms with Crippen LogP contribution in [-0.4, -0.2) is 35.7 Å².